The summed E-state index contributed by atoms with van der Waals surface area (Å²) in [7, 11) is 0. The van der Waals surface area contributed by atoms with Crippen molar-refractivity contribution in [2.45, 2.75) is 19.8 Å². The van der Waals surface area contributed by atoms with Crippen LogP contribution in [0, 0.1) is 17.0 Å². The second-order valence-electron chi connectivity index (χ2n) is 5.95. The quantitative estimate of drug-likeness (QED) is 0.336. The topological polar surface area (TPSA) is 137 Å². The van der Waals surface area contributed by atoms with E-state index in [1.54, 1.807) is 6.92 Å². The summed E-state index contributed by atoms with van der Waals surface area (Å²) in [5, 5.41) is 19.0. The molecule has 2 aromatic heterocycles. The van der Waals surface area contributed by atoms with Crippen molar-refractivity contribution in [1.82, 2.24) is 10.1 Å². The van der Waals surface area contributed by atoms with Crippen LogP contribution in [0.1, 0.15) is 17.9 Å². The van der Waals surface area contributed by atoms with Crippen molar-refractivity contribution in [2.24, 2.45) is 0 Å². The molecule has 10 nitrogen and oxygen atoms in total. The first-order valence-corrected chi connectivity index (χ1v) is 9.37. The Morgan fingerprint density at radius 2 is 2.17 bits per heavy atom. The van der Waals surface area contributed by atoms with E-state index in [1.165, 1.54) is 29.5 Å². The zero-order valence-corrected chi connectivity index (χ0v) is 16.1. The number of aromatic nitrogens is 2. The molecule has 0 aliphatic rings. The van der Waals surface area contributed by atoms with Gasteiger partial charge in [-0.15, -0.1) is 11.3 Å². The predicted molar refractivity (Wildman–Crippen MR) is 103 cm³/mol. The number of rotatable bonds is 8. The molecule has 0 radical (unpaired) electrons. The van der Waals surface area contributed by atoms with E-state index in [-0.39, 0.29) is 18.5 Å². The van der Waals surface area contributed by atoms with Crippen molar-refractivity contribution < 1.29 is 23.8 Å². The van der Waals surface area contributed by atoms with Gasteiger partial charge in [-0.2, -0.15) is 4.98 Å². The van der Waals surface area contributed by atoms with Gasteiger partial charge in [0.15, 0.2) is 6.61 Å². The van der Waals surface area contributed by atoms with Crippen molar-refractivity contribution in [3.05, 3.63) is 57.3 Å². The van der Waals surface area contributed by atoms with E-state index >= 15 is 0 Å². The van der Waals surface area contributed by atoms with Crippen LogP contribution in [0.25, 0.3) is 10.7 Å². The molecule has 0 saturated carbocycles. The van der Waals surface area contributed by atoms with Gasteiger partial charge in [0, 0.05) is 24.2 Å². The number of hydrogen-bond donors (Lipinski definition) is 1. The number of nitrogens with one attached hydrogen (secondary N) is 1. The molecule has 0 unspecified atom stereocenters. The summed E-state index contributed by atoms with van der Waals surface area (Å²) in [5.74, 6) is -0.373. The molecule has 1 N–H and O–H groups in total. The highest BCUT2D eigenvalue weighted by Crippen LogP contribution is 2.22. The first-order chi connectivity index (χ1) is 13.9. The summed E-state index contributed by atoms with van der Waals surface area (Å²) >= 11 is 1.47. The fourth-order valence-corrected chi connectivity index (χ4v) is 3.03. The van der Waals surface area contributed by atoms with Crippen LogP contribution in [0.5, 0.6) is 0 Å². The lowest BCUT2D eigenvalue weighted by molar-refractivity contribution is -0.384. The van der Waals surface area contributed by atoms with Crippen LogP contribution in [0.4, 0.5) is 11.4 Å². The normalized spacial score (nSPS) is 10.5. The summed E-state index contributed by atoms with van der Waals surface area (Å²) in [6.45, 7) is 1.16. The van der Waals surface area contributed by atoms with Gasteiger partial charge in [0.25, 0.3) is 11.6 Å². The molecule has 1 aromatic carbocycles. The number of amides is 1. The second kappa shape index (κ2) is 9.06. The number of nitro benzene ring substituents is 1. The van der Waals surface area contributed by atoms with E-state index in [1.807, 2.05) is 17.5 Å². The molecule has 0 spiro atoms. The van der Waals surface area contributed by atoms with Crippen LogP contribution in [0.2, 0.25) is 0 Å². The zero-order valence-electron chi connectivity index (χ0n) is 15.3. The van der Waals surface area contributed by atoms with E-state index in [0.29, 0.717) is 23.0 Å². The second-order valence-corrected chi connectivity index (χ2v) is 6.90. The molecular weight excluding hydrogens is 400 g/mol. The van der Waals surface area contributed by atoms with Gasteiger partial charge in [-0.25, -0.2) is 0 Å². The average Bonchev–Trinajstić information content (AvgIpc) is 3.37. The molecule has 0 atom stereocenters. The lowest BCUT2D eigenvalue weighted by atomic mass is 10.2. The highest BCUT2D eigenvalue weighted by Gasteiger charge is 2.14. The molecule has 11 heteroatoms. The number of nitrogens with zero attached hydrogens (tertiary/aromatic N) is 3. The third-order valence-electron chi connectivity index (χ3n) is 3.81. The highest BCUT2D eigenvalue weighted by atomic mass is 32.1. The lowest BCUT2D eigenvalue weighted by Crippen LogP contribution is -2.21. The first kappa shape index (κ1) is 20.1. The minimum absolute atomic E-state index is 0.0179. The zero-order chi connectivity index (χ0) is 20.8. The van der Waals surface area contributed by atoms with Gasteiger partial charge in [-0.3, -0.25) is 19.7 Å². The van der Waals surface area contributed by atoms with Gasteiger partial charge in [-0.05, 0) is 30.0 Å². The number of benzene rings is 1. The smallest absolute Gasteiger partial charge is 0.306 e. The largest absolute Gasteiger partial charge is 0.456 e. The predicted octanol–water partition coefficient (Wildman–Crippen LogP) is 3.13. The number of aryl methyl sites for hydroxylation is 2. The number of thiophene rings is 1. The summed E-state index contributed by atoms with van der Waals surface area (Å²) < 4.78 is 10.0. The average molecular weight is 416 g/mol. The number of hydrogen-bond acceptors (Lipinski definition) is 9. The van der Waals surface area contributed by atoms with Crippen LogP contribution in [0.15, 0.2) is 40.2 Å². The molecule has 3 rings (SSSR count). The van der Waals surface area contributed by atoms with Gasteiger partial charge >= 0.3 is 5.97 Å². The fraction of sp³-hybridized carbons (Fsp3) is 0.222. The third kappa shape index (κ3) is 5.45. The van der Waals surface area contributed by atoms with Crippen molar-refractivity contribution in [1.29, 1.82) is 0 Å². The Morgan fingerprint density at radius 3 is 2.86 bits per heavy atom. The van der Waals surface area contributed by atoms with Gasteiger partial charge in [0.2, 0.25) is 11.7 Å². The number of ether oxygens (including phenoxy) is 1. The number of carbonyl (C=O) groups is 2. The van der Waals surface area contributed by atoms with Gasteiger partial charge in [0.05, 0.1) is 16.2 Å². The van der Waals surface area contributed by atoms with E-state index in [4.69, 9.17) is 9.26 Å². The van der Waals surface area contributed by atoms with Gasteiger partial charge < -0.3 is 14.6 Å². The Bertz CT molecular complexity index is 1030. The minimum atomic E-state index is -0.587. The van der Waals surface area contributed by atoms with E-state index < -0.39 is 23.4 Å². The van der Waals surface area contributed by atoms with E-state index in [0.717, 1.165) is 4.88 Å². The number of non-ortho nitro benzene ring substituents is 1. The SMILES string of the molecule is Cc1cc([N+](=O)[O-])ccc1NC(=O)COC(=O)CCc1nc(-c2cccs2)no1. The van der Waals surface area contributed by atoms with Crippen LogP contribution in [-0.4, -0.2) is 33.5 Å². The summed E-state index contributed by atoms with van der Waals surface area (Å²) in [5.41, 5.74) is 0.857. The standard InChI is InChI=1S/C18H16N4O6S/c1-11-9-12(22(25)26)4-5-13(11)19-15(23)10-27-17(24)7-6-16-20-18(21-28-16)14-3-2-8-29-14/h2-5,8-9H,6-7,10H2,1H3,(H,19,23). The molecule has 3 aromatic rings. The molecule has 0 bridgehead atoms. The maximum atomic E-state index is 11.9. The molecule has 2 heterocycles. The van der Waals surface area contributed by atoms with E-state index in [2.05, 4.69) is 15.5 Å². The Hall–Kier alpha value is -3.60. The molecule has 150 valence electrons. The van der Waals surface area contributed by atoms with Crippen molar-refractivity contribution >= 4 is 34.6 Å². The Kier molecular flexibility index (Phi) is 6.29. The lowest BCUT2D eigenvalue weighted by Gasteiger charge is -2.08. The number of nitro groups is 1. The molecule has 0 fully saturated rings. The molecule has 0 saturated heterocycles. The molecule has 0 aliphatic heterocycles. The Balaban J connectivity index is 1.43. The van der Waals surface area contributed by atoms with Crippen LogP contribution in [0.3, 0.4) is 0 Å². The number of anilines is 1. The molecule has 0 aliphatic carbocycles. The van der Waals surface area contributed by atoms with Crippen molar-refractivity contribution in [3.63, 3.8) is 0 Å². The third-order valence-corrected chi connectivity index (χ3v) is 4.68. The summed E-state index contributed by atoms with van der Waals surface area (Å²) in [6.07, 6.45) is 0.177. The summed E-state index contributed by atoms with van der Waals surface area (Å²) in [6, 6.07) is 7.78. The minimum Gasteiger partial charge on any atom is -0.456 e. The van der Waals surface area contributed by atoms with Crippen LogP contribution < -0.4 is 5.32 Å². The van der Waals surface area contributed by atoms with Crippen LogP contribution >= 0.6 is 11.3 Å². The molecular formula is C18H16N4O6S. The summed E-state index contributed by atoms with van der Waals surface area (Å²) in [4.78, 5) is 39.0. The molecule has 29 heavy (non-hydrogen) atoms. The van der Waals surface area contributed by atoms with Crippen molar-refractivity contribution in [2.75, 3.05) is 11.9 Å². The fourth-order valence-electron chi connectivity index (χ4n) is 2.38. The van der Waals surface area contributed by atoms with Gasteiger partial charge in [0.1, 0.15) is 0 Å². The maximum Gasteiger partial charge on any atom is 0.306 e. The highest BCUT2D eigenvalue weighted by molar-refractivity contribution is 7.13. The Morgan fingerprint density at radius 1 is 1.34 bits per heavy atom. The van der Waals surface area contributed by atoms with E-state index in [9.17, 15) is 19.7 Å². The monoisotopic (exact) mass is 416 g/mol. The van der Waals surface area contributed by atoms with Crippen molar-refractivity contribution in [3.8, 4) is 10.7 Å². The molecule has 1 amide bonds. The number of carbonyl (C=O) groups excluding carboxylic acids is 2. The Labute approximate surface area is 168 Å². The van der Waals surface area contributed by atoms with Crippen LogP contribution in [-0.2, 0) is 20.7 Å². The maximum absolute atomic E-state index is 11.9. The van der Waals surface area contributed by atoms with Gasteiger partial charge in [-0.1, -0.05) is 11.2 Å². The number of esters is 1. The first-order valence-electron chi connectivity index (χ1n) is 8.49.